The number of carbonyl (C=O) groups is 2. The molecule has 0 fully saturated rings. The topological polar surface area (TPSA) is 78.6 Å². The van der Waals surface area contributed by atoms with Gasteiger partial charge in [0.15, 0.2) is 0 Å². The van der Waals surface area contributed by atoms with Gasteiger partial charge in [0.1, 0.15) is 17.5 Å². The SMILES string of the molecule is CC(=O)OC(=O)[C@@H](N)Cc1ccc(Oc2ccccc2)cc1. The van der Waals surface area contributed by atoms with Crippen molar-refractivity contribution < 1.29 is 19.1 Å². The Balaban J connectivity index is 1.94. The number of nitrogens with two attached hydrogens (primary N) is 1. The zero-order valence-electron chi connectivity index (χ0n) is 12.2. The molecule has 0 saturated heterocycles. The van der Waals surface area contributed by atoms with E-state index in [0.29, 0.717) is 5.75 Å². The van der Waals surface area contributed by atoms with Gasteiger partial charge in [-0.25, -0.2) is 4.79 Å². The van der Waals surface area contributed by atoms with Gasteiger partial charge < -0.3 is 15.2 Å². The first-order valence-corrected chi connectivity index (χ1v) is 6.84. The smallest absolute Gasteiger partial charge is 0.330 e. The molecule has 0 aliphatic heterocycles. The molecule has 5 nitrogen and oxygen atoms in total. The van der Waals surface area contributed by atoms with E-state index in [2.05, 4.69) is 4.74 Å². The standard InChI is InChI=1S/C17H17NO4/c1-12(19)21-17(20)16(18)11-13-7-9-15(10-8-13)22-14-5-3-2-4-6-14/h2-10,16H,11,18H2,1H3/t16-/m0/s1. The Morgan fingerprint density at radius 1 is 1.00 bits per heavy atom. The molecular weight excluding hydrogens is 282 g/mol. The Morgan fingerprint density at radius 2 is 1.59 bits per heavy atom. The summed E-state index contributed by atoms with van der Waals surface area (Å²) in [5.41, 5.74) is 6.56. The Kier molecular flexibility index (Phi) is 5.27. The van der Waals surface area contributed by atoms with Crippen LogP contribution in [0.2, 0.25) is 0 Å². The fourth-order valence-corrected chi connectivity index (χ4v) is 1.87. The summed E-state index contributed by atoms with van der Waals surface area (Å²) in [6.45, 7) is 1.17. The molecule has 2 rings (SSSR count). The molecule has 0 aromatic heterocycles. The summed E-state index contributed by atoms with van der Waals surface area (Å²) in [5.74, 6) is 0.0518. The summed E-state index contributed by atoms with van der Waals surface area (Å²) < 4.78 is 10.1. The molecule has 0 amide bonds. The summed E-state index contributed by atoms with van der Waals surface area (Å²) in [5, 5.41) is 0. The first kappa shape index (κ1) is 15.7. The number of para-hydroxylation sites is 1. The lowest BCUT2D eigenvalue weighted by Crippen LogP contribution is -2.35. The normalized spacial score (nSPS) is 11.5. The lowest BCUT2D eigenvalue weighted by molar-refractivity contribution is -0.159. The quantitative estimate of drug-likeness (QED) is 0.677. The van der Waals surface area contributed by atoms with Crippen molar-refractivity contribution >= 4 is 11.9 Å². The van der Waals surface area contributed by atoms with E-state index in [9.17, 15) is 9.59 Å². The van der Waals surface area contributed by atoms with E-state index in [-0.39, 0.29) is 6.42 Å². The average Bonchev–Trinajstić information content (AvgIpc) is 2.49. The van der Waals surface area contributed by atoms with Gasteiger partial charge in [0, 0.05) is 6.92 Å². The molecule has 2 aromatic carbocycles. The van der Waals surface area contributed by atoms with Crippen molar-refractivity contribution in [3.8, 4) is 11.5 Å². The second kappa shape index (κ2) is 7.38. The van der Waals surface area contributed by atoms with Crippen molar-refractivity contribution in [2.45, 2.75) is 19.4 Å². The summed E-state index contributed by atoms with van der Waals surface area (Å²) in [7, 11) is 0. The largest absolute Gasteiger partial charge is 0.457 e. The van der Waals surface area contributed by atoms with Gasteiger partial charge in [0.2, 0.25) is 0 Å². The highest BCUT2D eigenvalue weighted by Crippen LogP contribution is 2.21. The Labute approximate surface area is 128 Å². The van der Waals surface area contributed by atoms with E-state index in [0.717, 1.165) is 11.3 Å². The predicted molar refractivity (Wildman–Crippen MR) is 81.4 cm³/mol. The van der Waals surface area contributed by atoms with E-state index in [4.69, 9.17) is 10.5 Å². The Hall–Kier alpha value is -2.66. The average molecular weight is 299 g/mol. The van der Waals surface area contributed by atoms with Gasteiger partial charge >= 0.3 is 11.9 Å². The molecule has 114 valence electrons. The number of carbonyl (C=O) groups excluding carboxylic acids is 2. The van der Waals surface area contributed by atoms with Crippen molar-refractivity contribution in [2.75, 3.05) is 0 Å². The van der Waals surface area contributed by atoms with Gasteiger partial charge in [0.05, 0.1) is 0 Å². The third kappa shape index (κ3) is 4.71. The molecule has 5 heteroatoms. The molecule has 0 unspecified atom stereocenters. The number of esters is 2. The van der Waals surface area contributed by atoms with E-state index >= 15 is 0 Å². The van der Waals surface area contributed by atoms with Gasteiger partial charge in [-0.2, -0.15) is 0 Å². The fraction of sp³-hybridized carbons (Fsp3) is 0.176. The molecule has 2 aromatic rings. The molecule has 0 spiro atoms. The lowest BCUT2D eigenvalue weighted by Gasteiger charge is -2.10. The molecule has 22 heavy (non-hydrogen) atoms. The van der Waals surface area contributed by atoms with Crippen LogP contribution in [0.1, 0.15) is 12.5 Å². The monoisotopic (exact) mass is 299 g/mol. The number of rotatable bonds is 5. The zero-order chi connectivity index (χ0) is 15.9. The van der Waals surface area contributed by atoms with Crippen LogP contribution in [0.25, 0.3) is 0 Å². The molecule has 0 aliphatic rings. The van der Waals surface area contributed by atoms with Crippen molar-refractivity contribution in [1.82, 2.24) is 0 Å². The number of hydrogen-bond acceptors (Lipinski definition) is 5. The number of benzene rings is 2. The number of ether oxygens (including phenoxy) is 2. The third-order valence-corrected chi connectivity index (χ3v) is 2.90. The first-order chi connectivity index (χ1) is 10.5. The highest BCUT2D eigenvalue weighted by Gasteiger charge is 2.17. The predicted octanol–water partition coefficient (Wildman–Crippen LogP) is 2.44. The molecule has 0 heterocycles. The molecule has 0 aliphatic carbocycles. The first-order valence-electron chi connectivity index (χ1n) is 6.84. The van der Waals surface area contributed by atoms with Gasteiger partial charge in [-0.15, -0.1) is 0 Å². The molecule has 2 N–H and O–H groups in total. The Bertz CT molecular complexity index is 637. The van der Waals surface area contributed by atoms with Gasteiger partial charge in [0.25, 0.3) is 0 Å². The summed E-state index contributed by atoms with van der Waals surface area (Å²) in [4.78, 5) is 22.2. The van der Waals surface area contributed by atoms with Crippen molar-refractivity contribution in [2.24, 2.45) is 5.73 Å². The van der Waals surface area contributed by atoms with Crippen LogP contribution in [-0.2, 0) is 20.7 Å². The van der Waals surface area contributed by atoms with Crippen molar-refractivity contribution in [3.05, 3.63) is 60.2 Å². The highest BCUT2D eigenvalue weighted by atomic mass is 16.6. The number of hydrogen-bond donors (Lipinski definition) is 1. The van der Waals surface area contributed by atoms with E-state index < -0.39 is 18.0 Å². The van der Waals surface area contributed by atoms with Crippen LogP contribution < -0.4 is 10.5 Å². The maximum Gasteiger partial charge on any atom is 0.330 e. The third-order valence-electron chi connectivity index (χ3n) is 2.90. The molecule has 1 atom stereocenters. The van der Waals surface area contributed by atoms with Crippen molar-refractivity contribution in [3.63, 3.8) is 0 Å². The second-order valence-corrected chi connectivity index (χ2v) is 4.78. The molecule has 0 bridgehead atoms. The van der Waals surface area contributed by atoms with Crippen LogP contribution in [0, 0.1) is 0 Å². The van der Waals surface area contributed by atoms with E-state index in [1.165, 1.54) is 6.92 Å². The second-order valence-electron chi connectivity index (χ2n) is 4.78. The fourth-order valence-electron chi connectivity index (χ4n) is 1.87. The van der Waals surface area contributed by atoms with Crippen LogP contribution in [0.5, 0.6) is 11.5 Å². The Morgan fingerprint density at radius 3 is 2.18 bits per heavy atom. The minimum atomic E-state index is -0.871. The maximum absolute atomic E-state index is 11.5. The lowest BCUT2D eigenvalue weighted by atomic mass is 10.1. The minimum absolute atomic E-state index is 0.289. The van der Waals surface area contributed by atoms with E-state index in [1.54, 1.807) is 12.1 Å². The molecule has 0 saturated carbocycles. The molecular formula is C17H17NO4. The van der Waals surface area contributed by atoms with Crippen LogP contribution >= 0.6 is 0 Å². The minimum Gasteiger partial charge on any atom is -0.457 e. The van der Waals surface area contributed by atoms with E-state index in [1.807, 2.05) is 42.5 Å². The maximum atomic E-state index is 11.5. The van der Waals surface area contributed by atoms with Crippen molar-refractivity contribution in [1.29, 1.82) is 0 Å². The van der Waals surface area contributed by atoms with Crippen LogP contribution in [0.15, 0.2) is 54.6 Å². The zero-order valence-corrected chi connectivity index (χ0v) is 12.2. The van der Waals surface area contributed by atoms with Gasteiger partial charge in [-0.1, -0.05) is 30.3 Å². The van der Waals surface area contributed by atoms with Gasteiger partial charge in [-0.3, -0.25) is 4.79 Å². The summed E-state index contributed by atoms with van der Waals surface area (Å²) >= 11 is 0. The summed E-state index contributed by atoms with van der Waals surface area (Å²) in [6, 6.07) is 15.8. The van der Waals surface area contributed by atoms with Crippen LogP contribution in [0.4, 0.5) is 0 Å². The highest BCUT2D eigenvalue weighted by molar-refractivity contribution is 5.87. The molecule has 0 radical (unpaired) electrons. The van der Waals surface area contributed by atoms with Gasteiger partial charge in [-0.05, 0) is 36.2 Å². The van der Waals surface area contributed by atoms with Crippen LogP contribution in [-0.4, -0.2) is 18.0 Å². The summed E-state index contributed by atoms with van der Waals surface area (Å²) in [6.07, 6.45) is 0.289. The van der Waals surface area contributed by atoms with Crippen LogP contribution in [0.3, 0.4) is 0 Å².